The third kappa shape index (κ3) is 2.59. The van der Waals surface area contributed by atoms with Gasteiger partial charge in [-0.15, -0.1) is 10.2 Å². The molecule has 0 amide bonds. The van der Waals surface area contributed by atoms with Crippen LogP contribution in [0.15, 0.2) is 71.9 Å². The fourth-order valence-corrected chi connectivity index (χ4v) is 3.39. The number of fused-ring (bicyclic) bond motifs is 3. The molecule has 2 aromatic carbocycles. The third-order valence-electron chi connectivity index (χ3n) is 3.68. The molecule has 0 aliphatic rings. The molecule has 112 valence electrons. The molecule has 0 saturated heterocycles. The summed E-state index contributed by atoms with van der Waals surface area (Å²) in [5.41, 5.74) is 2.56. The summed E-state index contributed by atoms with van der Waals surface area (Å²) in [6.07, 6.45) is 0. The third-order valence-corrected chi connectivity index (χ3v) is 4.61. The topological polar surface area (TPSA) is 47.3 Å². The van der Waals surface area contributed by atoms with Gasteiger partial charge >= 0.3 is 0 Å². The number of carbonyl (C=O) groups excluding carboxylic acids is 1. The fraction of sp³-hybridized carbons (Fsp3) is 0.0556. The molecule has 0 atom stereocenters. The van der Waals surface area contributed by atoms with Crippen molar-refractivity contribution in [3.63, 3.8) is 0 Å². The minimum absolute atomic E-state index is 0.0904. The molecule has 23 heavy (non-hydrogen) atoms. The highest BCUT2D eigenvalue weighted by molar-refractivity contribution is 7.99. The van der Waals surface area contributed by atoms with Crippen molar-refractivity contribution in [2.45, 2.75) is 5.16 Å². The number of hydrogen-bond acceptors (Lipinski definition) is 4. The Balaban J connectivity index is 1.67. The highest BCUT2D eigenvalue weighted by atomic mass is 32.2. The second-order valence-corrected chi connectivity index (χ2v) is 6.09. The van der Waals surface area contributed by atoms with Gasteiger partial charge in [0, 0.05) is 5.56 Å². The summed E-state index contributed by atoms with van der Waals surface area (Å²) in [6.45, 7) is 0. The molecule has 0 radical (unpaired) electrons. The molecule has 0 saturated carbocycles. The van der Waals surface area contributed by atoms with Crippen molar-refractivity contribution in [1.29, 1.82) is 0 Å². The van der Waals surface area contributed by atoms with Gasteiger partial charge in [-0.2, -0.15) is 0 Å². The lowest BCUT2D eigenvalue weighted by molar-refractivity contribution is 0.102. The molecule has 5 heteroatoms. The number of benzene rings is 2. The molecular formula is C18H13N3OS. The number of rotatable bonds is 4. The minimum Gasteiger partial charge on any atom is -0.293 e. The Hall–Kier alpha value is -2.66. The first-order chi connectivity index (χ1) is 11.3. The molecule has 2 aromatic heterocycles. The highest BCUT2D eigenvalue weighted by Crippen LogP contribution is 2.23. The second kappa shape index (κ2) is 5.85. The van der Waals surface area contributed by atoms with Crippen molar-refractivity contribution >= 4 is 34.1 Å². The number of Topliss-reactive ketones (excluding diaryl/α,β-unsaturated/α-hetero) is 1. The fourth-order valence-electron chi connectivity index (χ4n) is 2.54. The number of nitrogens with zero attached hydrogens (tertiary/aromatic N) is 3. The zero-order valence-electron chi connectivity index (χ0n) is 12.2. The monoisotopic (exact) mass is 319 g/mol. The van der Waals surface area contributed by atoms with E-state index >= 15 is 0 Å². The van der Waals surface area contributed by atoms with E-state index in [0.717, 1.165) is 27.3 Å². The van der Waals surface area contributed by atoms with Gasteiger partial charge in [-0.25, -0.2) is 0 Å². The average molecular weight is 319 g/mol. The first-order valence-electron chi connectivity index (χ1n) is 7.27. The van der Waals surface area contributed by atoms with Crippen LogP contribution < -0.4 is 0 Å². The smallest absolute Gasteiger partial charge is 0.196 e. The summed E-state index contributed by atoms with van der Waals surface area (Å²) in [5, 5.41) is 10.3. The lowest BCUT2D eigenvalue weighted by Gasteiger charge is -2.04. The quantitative estimate of drug-likeness (QED) is 0.423. The van der Waals surface area contributed by atoms with Gasteiger partial charge in [0.05, 0.1) is 11.3 Å². The molecule has 0 N–H and O–H groups in total. The van der Waals surface area contributed by atoms with E-state index in [1.807, 2.05) is 65.1 Å². The molecule has 0 bridgehead atoms. The van der Waals surface area contributed by atoms with E-state index in [1.165, 1.54) is 11.8 Å². The molecule has 2 heterocycles. The minimum atomic E-state index is 0.0904. The van der Waals surface area contributed by atoms with Crippen LogP contribution in [0, 0.1) is 0 Å². The maximum absolute atomic E-state index is 12.3. The van der Waals surface area contributed by atoms with E-state index in [-0.39, 0.29) is 5.78 Å². The zero-order chi connectivity index (χ0) is 15.6. The molecule has 0 aliphatic heterocycles. The Morgan fingerprint density at radius 3 is 2.57 bits per heavy atom. The Labute approximate surface area is 137 Å². The van der Waals surface area contributed by atoms with E-state index in [4.69, 9.17) is 0 Å². The Kier molecular flexibility index (Phi) is 3.55. The standard InChI is InChI=1S/C18H13N3OS/c22-16(14-7-2-1-3-8-14)12-23-18-20-19-17-11-10-13-6-4-5-9-15(13)21(17)18/h1-11H,12H2. The van der Waals surface area contributed by atoms with Gasteiger partial charge in [0.15, 0.2) is 16.6 Å². The molecule has 0 unspecified atom stereocenters. The second-order valence-electron chi connectivity index (χ2n) is 5.15. The van der Waals surface area contributed by atoms with Crippen LogP contribution in [-0.4, -0.2) is 26.1 Å². The SMILES string of the molecule is O=C(CSc1nnc2ccc3ccccc3n12)c1ccccc1. The summed E-state index contributed by atoms with van der Waals surface area (Å²) >= 11 is 1.41. The normalized spacial score (nSPS) is 11.1. The Bertz CT molecular complexity index is 995. The van der Waals surface area contributed by atoms with Crippen molar-refractivity contribution < 1.29 is 4.79 Å². The number of para-hydroxylation sites is 1. The van der Waals surface area contributed by atoms with Gasteiger partial charge in [-0.3, -0.25) is 9.20 Å². The molecule has 0 fully saturated rings. The number of carbonyl (C=O) groups is 1. The predicted octanol–water partition coefficient (Wildman–Crippen LogP) is 3.86. The lowest BCUT2D eigenvalue weighted by atomic mass is 10.2. The first-order valence-corrected chi connectivity index (χ1v) is 8.25. The van der Waals surface area contributed by atoms with Crippen LogP contribution in [0.5, 0.6) is 0 Å². The Morgan fingerprint density at radius 2 is 1.70 bits per heavy atom. The first kappa shape index (κ1) is 14.0. The van der Waals surface area contributed by atoms with Crippen LogP contribution in [0.1, 0.15) is 10.4 Å². The van der Waals surface area contributed by atoms with Gasteiger partial charge in [-0.1, -0.05) is 60.3 Å². The summed E-state index contributed by atoms with van der Waals surface area (Å²) in [4.78, 5) is 12.3. The van der Waals surface area contributed by atoms with Crippen molar-refractivity contribution in [2.75, 3.05) is 5.75 Å². The van der Waals surface area contributed by atoms with Crippen molar-refractivity contribution in [2.24, 2.45) is 0 Å². The van der Waals surface area contributed by atoms with Gasteiger partial charge in [0.2, 0.25) is 0 Å². The maximum Gasteiger partial charge on any atom is 0.196 e. The molecule has 0 spiro atoms. The summed E-state index contributed by atoms with van der Waals surface area (Å²) in [6, 6.07) is 21.4. The van der Waals surface area contributed by atoms with Crippen LogP contribution in [0.3, 0.4) is 0 Å². The maximum atomic E-state index is 12.3. The zero-order valence-corrected chi connectivity index (χ0v) is 13.0. The number of hydrogen-bond donors (Lipinski definition) is 0. The van der Waals surface area contributed by atoms with Crippen molar-refractivity contribution in [1.82, 2.24) is 14.6 Å². The lowest BCUT2D eigenvalue weighted by Crippen LogP contribution is -2.02. The summed E-state index contributed by atoms with van der Waals surface area (Å²) < 4.78 is 2.00. The molecule has 4 nitrogen and oxygen atoms in total. The van der Waals surface area contributed by atoms with Crippen LogP contribution in [-0.2, 0) is 0 Å². The van der Waals surface area contributed by atoms with Crippen LogP contribution in [0.4, 0.5) is 0 Å². The van der Waals surface area contributed by atoms with Crippen molar-refractivity contribution in [3.05, 3.63) is 72.3 Å². The van der Waals surface area contributed by atoms with E-state index in [9.17, 15) is 4.79 Å². The molecule has 4 aromatic rings. The summed E-state index contributed by atoms with van der Waals surface area (Å²) in [7, 11) is 0. The molecule has 4 rings (SSSR count). The van der Waals surface area contributed by atoms with Crippen LogP contribution in [0.25, 0.3) is 16.6 Å². The number of aromatic nitrogens is 3. The predicted molar refractivity (Wildman–Crippen MR) is 92.0 cm³/mol. The van der Waals surface area contributed by atoms with E-state index in [1.54, 1.807) is 0 Å². The van der Waals surface area contributed by atoms with Gasteiger partial charge in [0.25, 0.3) is 0 Å². The average Bonchev–Trinajstić information content (AvgIpc) is 3.04. The summed E-state index contributed by atoms with van der Waals surface area (Å²) in [5.74, 6) is 0.432. The molecular weight excluding hydrogens is 306 g/mol. The van der Waals surface area contributed by atoms with Gasteiger partial charge in [-0.05, 0) is 23.6 Å². The number of pyridine rings is 1. The van der Waals surface area contributed by atoms with Gasteiger partial charge < -0.3 is 0 Å². The number of thioether (sulfide) groups is 1. The highest BCUT2D eigenvalue weighted by Gasteiger charge is 2.12. The van der Waals surface area contributed by atoms with Crippen LogP contribution >= 0.6 is 11.8 Å². The van der Waals surface area contributed by atoms with E-state index in [0.29, 0.717) is 5.75 Å². The largest absolute Gasteiger partial charge is 0.293 e. The van der Waals surface area contributed by atoms with Crippen LogP contribution in [0.2, 0.25) is 0 Å². The Morgan fingerprint density at radius 1 is 0.913 bits per heavy atom. The number of ketones is 1. The van der Waals surface area contributed by atoms with Crippen molar-refractivity contribution in [3.8, 4) is 0 Å². The van der Waals surface area contributed by atoms with E-state index in [2.05, 4.69) is 16.3 Å². The van der Waals surface area contributed by atoms with Gasteiger partial charge in [0.1, 0.15) is 0 Å². The molecule has 0 aliphatic carbocycles. The van der Waals surface area contributed by atoms with E-state index < -0.39 is 0 Å².